The van der Waals surface area contributed by atoms with Crippen molar-refractivity contribution in [3.63, 3.8) is 0 Å². The van der Waals surface area contributed by atoms with E-state index in [1.54, 1.807) is 11.2 Å². The van der Waals surface area contributed by atoms with E-state index in [9.17, 15) is 4.79 Å². The number of anilines is 1. The van der Waals surface area contributed by atoms with E-state index in [0.717, 1.165) is 21.9 Å². The first-order valence-corrected chi connectivity index (χ1v) is 8.08. The van der Waals surface area contributed by atoms with Crippen LogP contribution in [0.4, 0.5) is 5.13 Å². The molecule has 1 aromatic carbocycles. The van der Waals surface area contributed by atoms with E-state index in [0.29, 0.717) is 6.54 Å². The number of rotatable bonds is 6. The lowest BCUT2D eigenvalue weighted by Crippen LogP contribution is -2.38. The summed E-state index contributed by atoms with van der Waals surface area (Å²) in [6.07, 6.45) is 2.97. The molecule has 2 aromatic heterocycles. The number of hydrogen-bond donors (Lipinski definition) is 0. The highest BCUT2D eigenvalue weighted by Gasteiger charge is 2.20. The molecule has 2 heterocycles. The van der Waals surface area contributed by atoms with Gasteiger partial charge >= 0.3 is 0 Å². The maximum absolute atomic E-state index is 12.7. The SMILES string of the molecule is CN(C)CCN(C(=O)Cn1cncn1)c1nc2ccccc2s1. The lowest BCUT2D eigenvalue weighted by atomic mass is 10.3. The average molecular weight is 330 g/mol. The molecule has 0 unspecified atom stereocenters. The van der Waals surface area contributed by atoms with Crippen LogP contribution in [0.3, 0.4) is 0 Å². The summed E-state index contributed by atoms with van der Waals surface area (Å²) >= 11 is 1.53. The van der Waals surface area contributed by atoms with Crippen LogP contribution in [0.25, 0.3) is 10.2 Å². The highest BCUT2D eigenvalue weighted by molar-refractivity contribution is 7.22. The van der Waals surface area contributed by atoms with E-state index in [1.165, 1.54) is 22.3 Å². The van der Waals surface area contributed by atoms with Gasteiger partial charge in [-0.05, 0) is 26.2 Å². The maximum atomic E-state index is 12.7. The lowest BCUT2D eigenvalue weighted by molar-refractivity contribution is -0.119. The summed E-state index contributed by atoms with van der Waals surface area (Å²) in [6, 6.07) is 7.91. The van der Waals surface area contributed by atoms with E-state index in [2.05, 4.69) is 15.1 Å². The minimum absolute atomic E-state index is 0.0450. The lowest BCUT2D eigenvalue weighted by Gasteiger charge is -2.21. The van der Waals surface area contributed by atoms with Gasteiger partial charge in [0.2, 0.25) is 0 Å². The molecule has 8 heteroatoms. The van der Waals surface area contributed by atoms with Crippen LogP contribution >= 0.6 is 11.3 Å². The van der Waals surface area contributed by atoms with Crippen LogP contribution < -0.4 is 4.90 Å². The van der Waals surface area contributed by atoms with Gasteiger partial charge < -0.3 is 4.90 Å². The smallest absolute Gasteiger partial charge is 0.250 e. The Morgan fingerprint density at radius 3 is 2.78 bits per heavy atom. The van der Waals surface area contributed by atoms with Gasteiger partial charge in [-0.25, -0.2) is 14.6 Å². The molecule has 0 N–H and O–H groups in total. The topological polar surface area (TPSA) is 67.2 Å². The fourth-order valence-corrected chi connectivity index (χ4v) is 3.15. The van der Waals surface area contributed by atoms with Crippen molar-refractivity contribution in [3.8, 4) is 0 Å². The normalized spacial score (nSPS) is 11.3. The molecule has 3 aromatic rings. The summed E-state index contributed by atoms with van der Waals surface area (Å²) in [5, 5.41) is 4.72. The van der Waals surface area contributed by atoms with Crippen molar-refractivity contribution < 1.29 is 4.79 Å². The highest BCUT2D eigenvalue weighted by atomic mass is 32.1. The van der Waals surface area contributed by atoms with Gasteiger partial charge in [0.1, 0.15) is 19.2 Å². The summed E-state index contributed by atoms with van der Waals surface area (Å²) in [5.41, 5.74) is 0.913. The second kappa shape index (κ2) is 6.84. The third-order valence-electron chi connectivity index (χ3n) is 3.35. The first kappa shape index (κ1) is 15.6. The van der Waals surface area contributed by atoms with Crippen molar-refractivity contribution in [3.05, 3.63) is 36.9 Å². The standard InChI is InChI=1S/C15H18N6OS/c1-19(2)7-8-21(14(22)9-20-11-16-10-17-20)15-18-12-5-3-4-6-13(12)23-15/h3-6,10-11H,7-9H2,1-2H3. The second-order valence-corrected chi connectivity index (χ2v) is 6.41. The molecule has 0 aliphatic rings. The molecule has 0 radical (unpaired) electrons. The van der Waals surface area contributed by atoms with Gasteiger partial charge in [0.15, 0.2) is 5.13 Å². The molecule has 0 saturated heterocycles. The number of amides is 1. The number of likely N-dealkylation sites (N-methyl/N-ethyl adjacent to an activating group) is 1. The van der Waals surface area contributed by atoms with Crippen molar-refractivity contribution in [2.45, 2.75) is 6.54 Å². The molecule has 3 rings (SSSR count). The molecule has 0 atom stereocenters. The first-order chi connectivity index (χ1) is 11.1. The van der Waals surface area contributed by atoms with Crippen LogP contribution in [0.2, 0.25) is 0 Å². The summed E-state index contributed by atoms with van der Waals surface area (Å²) < 4.78 is 2.60. The number of nitrogens with zero attached hydrogens (tertiary/aromatic N) is 6. The molecule has 0 aliphatic carbocycles. The molecule has 0 bridgehead atoms. The molecular formula is C15H18N6OS. The first-order valence-electron chi connectivity index (χ1n) is 7.26. The minimum Gasteiger partial charge on any atom is -0.308 e. The van der Waals surface area contributed by atoms with Crippen LogP contribution in [0.5, 0.6) is 0 Å². The van der Waals surface area contributed by atoms with Crippen molar-refractivity contribution >= 4 is 32.6 Å². The summed E-state index contributed by atoms with van der Waals surface area (Å²) in [6.45, 7) is 1.50. The molecule has 0 saturated carbocycles. The number of carbonyl (C=O) groups is 1. The van der Waals surface area contributed by atoms with Crippen LogP contribution in [-0.2, 0) is 11.3 Å². The molecular weight excluding hydrogens is 312 g/mol. The number of fused-ring (bicyclic) bond motifs is 1. The van der Waals surface area contributed by atoms with Crippen molar-refractivity contribution in [2.24, 2.45) is 0 Å². The van der Waals surface area contributed by atoms with Gasteiger partial charge in [-0.2, -0.15) is 5.10 Å². The summed E-state index contributed by atoms with van der Waals surface area (Å²) in [5.74, 6) is -0.0450. The van der Waals surface area contributed by atoms with Crippen LogP contribution in [-0.4, -0.2) is 57.7 Å². The highest BCUT2D eigenvalue weighted by Crippen LogP contribution is 2.28. The van der Waals surface area contributed by atoms with Gasteiger partial charge in [-0.3, -0.25) is 9.69 Å². The molecule has 7 nitrogen and oxygen atoms in total. The van der Waals surface area contributed by atoms with E-state index in [1.807, 2.05) is 43.3 Å². The molecule has 0 fully saturated rings. The molecule has 0 aliphatic heterocycles. The fraction of sp³-hybridized carbons (Fsp3) is 0.333. The third kappa shape index (κ3) is 3.72. The fourth-order valence-electron chi connectivity index (χ4n) is 2.14. The number of aromatic nitrogens is 4. The Morgan fingerprint density at radius 1 is 1.26 bits per heavy atom. The van der Waals surface area contributed by atoms with Crippen LogP contribution in [0.1, 0.15) is 0 Å². The predicted molar refractivity (Wildman–Crippen MR) is 90.5 cm³/mol. The zero-order chi connectivity index (χ0) is 16.2. The van der Waals surface area contributed by atoms with Gasteiger partial charge in [-0.15, -0.1) is 0 Å². The van der Waals surface area contributed by atoms with E-state index >= 15 is 0 Å². The van der Waals surface area contributed by atoms with Crippen LogP contribution in [0, 0.1) is 0 Å². The maximum Gasteiger partial charge on any atom is 0.250 e. The minimum atomic E-state index is -0.0450. The van der Waals surface area contributed by atoms with E-state index in [-0.39, 0.29) is 12.5 Å². The zero-order valence-corrected chi connectivity index (χ0v) is 13.9. The van der Waals surface area contributed by atoms with Gasteiger partial charge in [-0.1, -0.05) is 23.5 Å². The van der Waals surface area contributed by atoms with E-state index in [4.69, 9.17) is 0 Å². The van der Waals surface area contributed by atoms with Gasteiger partial charge in [0, 0.05) is 13.1 Å². The Morgan fingerprint density at radius 2 is 2.09 bits per heavy atom. The van der Waals surface area contributed by atoms with Gasteiger partial charge in [0.05, 0.1) is 10.2 Å². The monoisotopic (exact) mass is 330 g/mol. The number of carbonyl (C=O) groups excluding carboxylic acids is 1. The number of thiazole rings is 1. The van der Waals surface area contributed by atoms with Crippen molar-refractivity contribution in [1.82, 2.24) is 24.6 Å². The number of benzene rings is 1. The summed E-state index contributed by atoms with van der Waals surface area (Å²) in [4.78, 5) is 24.9. The van der Waals surface area contributed by atoms with E-state index < -0.39 is 0 Å². The Hall–Kier alpha value is -2.32. The average Bonchev–Trinajstić information content (AvgIpc) is 3.15. The third-order valence-corrected chi connectivity index (χ3v) is 4.41. The number of hydrogen-bond acceptors (Lipinski definition) is 6. The molecule has 1 amide bonds. The Bertz CT molecular complexity index is 749. The summed E-state index contributed by atoms with van der Waals surface area (Å²) in [7, 11) is 3.97. The van der Waals surface area contributed by atoms with Gasteiger partial charge in [0.25, 0.3) is 5.91 Å². The number of para-hydroxylation sites is 1. The molecule has 0 spiro atoms. The quantitative estimate of drug-likeness (QED) is 0.685. The predicted octanol–water partition coefficient (Wildman–Crippen LogP) is 1.48. The Labute approximate surface area is 138 Å². The Balaban J connectivity index is 1.86. The second-order valence-electron chi connectivity index (χ2n) is 5.41. The molecule has 23 heavy (non-hydrogen) atoms. The Kier molecular flexibility index (Phi) is 4.63. The largest absolute Gasteiger partial charge is 0.308 e. The van der Waals surface area contributed by atoms with Crippen LogP contribution in [0.15, 0.2) is 36.9 Å². The van der Waals surface area contributed by atoms with Crippen molar-refractivity contribution in [1.29, 1.82) is 0 Å². The zero-order valence-electron chi connectivity index (χ0n) is 13.1. The molecule has 120 valence electrons. The van der Waals surface area contributed by atoms with Crippen molar-refractivity contribution in [2.75, 3.05) is 32.1 Å².